The second-order valence-corrected chi connectivity index (χ2v) is 4.16. The number of rotatable bonds is 3. The number of nitrogens with one attached hydrogen (secondary N) is 1. The first-order chi connectivity index (χ1) is 8.31. The van der Waals surface area contributed by atoms with Gasteiger partial charge in [-0.1, -0.05) is 5.16 Å². The minimum Gasteiger partial charge on any atom is -0.382 e. The molecule has 2 aromatic rings. The highest BCUT2D eigenvalue weighted by atomic mass is 16.5. The Bertz CT molecular complexity index is 500. The lowest BCUT2D eigenvalue weighted by Gasteiger charge is -2.00. The molecule has 1 aliphatic heterocycles. The summed E-state index contributed by atoms with van der Waals surface area (Å²) in [7, 11) is 0. The van der Waals surface area contributed by atoms with Gasteiger partial charge < -0.3 is 15.0 Å². The molecule has 1 saturated heterocycles. The largest absolute Gasteiger partial charge is 0.382 e. The fourth-order valence-electron chi connectivity index (χ4n) is 1.90. The number of hydrogen-bond acceptors (Lipinski definition) is 6. The van der Waals surface area contributed by atoms with Crippen molar-refractivity contribution in [2.45, 2.75) is 12.8 Å². The molecule has 0 spiro atoms. The Morgan fingerprint density at radius 2 is 2.47 bits per heavy atom. The van der Waals surface area contributed by atoms with Crippen LogP contribution in [0.1, 0.15) is 12.2 Å². The average molecular weight is 235 g/mol. The molecule has 3 rings (SSSR count). The SMILES string of the molecule is Nc1cc(-c2nc(CC3CCOC3)no2)[nH]n1. The van der Waals surface area contributed by atoms with E-state index in [9.17, 15) is 0 Å². The average Bonchev–Trinajstić information content (AvgIpc) is 2.99. The van der Waals surface area contributed by atoms with Crippen molar-refractivity contribution in [1.29, 1.82) is 0 Å². The zero-order chi connectivity index (χ0) is 11.7. The van der Waals surface area contributed by atoms with E-state index < -0.39 is 0 Å². The molecule has 3 heterocycles. The summed E-state index contributed by atoms with van der Waals surface area (Å²) >= 11 is 0. The molecule has 7 nitrogen and oxygen atoms in total. The number of ether oxygens (including phenoxy) is 1. The summed E-state index contributed by atoms with van der Waals surface area (Å²) in [5.41, 5.74) is 6.15. The molecule has 1 unspecified atom stereocenters. The van der Waals surface area contributed by atoms with Gasteiger partial charge in [-0.15, -0.1) is 0 Å². The Labute approximate surface area is 97.3 Å². The third-order valence-corrected chi connectivity index (χ3v) is 2.79. The van der Waals surface area contributed by atoms with E-state index in [1.54, 1.807) is 6.07 Å². The number of aromatic nitrogens is 4. The van der Waals surface area contributed by atoms with E-state index in [2.05, 4.69) is 20.3 Å². The fourth-order valence-corrected chi connectivity index (χ4v) is 1.90. The molecule has 2 aromatic heterocycles. The van der Waals surface area contributed by atoms with E-state index in [0.29, 0.717) is 29.1 Å². The number of aromatic amines is 1. The van der Waals surface area contributed by atoms with E-state index in [-0.39, 0.29) is 0 Å². The van der Waals surface area contributed by atoms with Gasteiger partial charge in [0.25, 0.3) is 5.89 Å². The molecule has 90 valence electrons. The lowest BCUT2D eigenvalue weighted by atomic mass is 10.1. The van der Waals surface area contributed by atoms with Crippen LogP contribution in [0.3, 0.4) is 0 Å². The van der Waals surface area contributed by atoms with Crippen molar-refractivity contribution < 1.29 is 9.26 Å². The zero-order valence-electron chi connectivity index (χ0n) is 9.22. The Balaban J connectivity index is 1.73. The number of hydrogen-bond donors (Lipinski definition) is 2. The second-order valence-electron chi connectivity index (χ2n) is 4.16. The number of nitrogen functional groups attached to an aromatic ring is 1. The van der Waals surface area contributed by atoms with Crippen molar-refractivity contribution in [3.05, 3.63) is 11.9 Å². The van der Waals surface area contributed by atoms with Crippen LogP contribution in [-0.2, 0) is 11.2 Å². The minimum atomic E-state index is 0.406. The number of nitrogens with zero attached hydrogens (tertiary/aromatic N) is 3. The zero-order valence-corrected chi connectivity index (χ0v) is 9.22. The van der Waals surface area contributed by atoms with Crippen LogP contribution in [0.15, 0.2) is 10.6 Å². The lowest BCUT2D eigenvalue weighted by Crippen LogP contribution is -2.04. The quantitative estimate of drug-likeness (QED) is 0.808. The summed E-state index contributed by atoms with van der Waals surface area (Å²) in [5.74, 6) is 2.02. The van der Waals surface area contributed by atoms with Crippen molar-refractivity contribution in [1.82, 2.24) is 20.3 Å². The first-order valence-electron chi connectivity index (χ1n) is 5.53. The van der Waals surface area contributed by atoms with Crippen LogP contribution >= 0.6 is 0 Å². The van der Waals surface area contributed by atoms with Crippen molar-refractivity contribution in [3.63, 3.8) is 0 Å². The number of anilines is 1. The molecule has 0 aromatic carbocycles. The summed E-state index contributed by atoms with van der Waals surface area (Å²) in [5, 5.41) is 10.5. The van der Waals surface area contributed by atoms with Gasteiger partial charge in [0, 0.05) is 25.7 Å². The van der Waals surface area contributed by atoms with Crippen LogP contribution < -0.4 is 5.73 Å². The third kappa shape index (κ3) is 2.14. The molecule has 0 radical (unpaired) electrons. The summed E-state index contributed by atoms with van der Waals surface area (Å²) in [4.78, 5) is 4.30. The monoisotopic (exact) mass is 235 g/mol. The van der Waals surface area contributed by atoms with Crippen molar-refractivity contribution in [2.24, 2.45) is 5.92 Å². The normalized spacial score (nSPS) is 19.9. The van der Waals surface area contributed by atoms with Crippen LogP contribution in [0.2, 0.25) is 0 Å². The molecular weight excluding hydrogens is 222 g/mol. The first-order valence-corrected chi connectivity index (χ1v) is 5.53. The maximum absolute atomic E-state index is 5.51. The summed E-state index contributed by atoms with van der Waals surface area (Å²) < 4.78 is 10.5. The minimum absolute atomic E-state index is 0.406. The second kappa shape index (κ2) is 4.17. The van der Waals surface area contributed by atoms with E-state index in [0.717, 1.165) is 26.1 Å². The van der Waals surface area contributed by atoms with Gasteiger partial charge in [0.15, 0.2) is 5.82 Å². The lowest BCUT2D eigenvalue weighted by molar-refractivity contribution is 0.185. The van der Waals surface area contributed by atoms with Crippen LogP contribution in [0.4, 0.5) is 5.82 Å². The van der Waals surface area contributed by atoms with Crippen molar-refractivity contribution in [3.8, 4) is 11.6 Å². The Morgan fingerprint density at radius 1 is 1.53 bits per heavy atom. The Kier molecular flexibility index (Phi) is 2.52. The fraction of sp³-hybridized carbons (Fsp3) is 0.500. The Hall–Kier alpha value is -1.89. The third-order valence-electron chi connectivity index (χ3n) is 2.79. The number of nitrogens with two attached hydrogens (primary N) is 1. The van der Waals surface area contributed by atoms with Gasteiger partial charge in [0.2, 0.25) is 0 Å². The van der Waals surface area contributed by atoms with Gasteiger partial charge in [0.1, 0.15) is 11.5 Å². The molecular formula is C10H13N5O2. The topological polar surface area (TPSA) is 103 Å². The van der Waals surface area contributed by atoms with Gasteiger partial charge >= 0.3 is 0 Å². The van der Waals surface area contributed by atoms with E-state index in [1.165, 1.54) is 0 Å². The molecule has 1 fully saturated rings. The molecule has 17 heavy (non-hydrogen) atoms. The Morgan fingerprint density at radius 3 is 3.18 bits per heavy atom. The maximum Gasteiger partial charge on any atom is 0.276 e. The van der Waals surface area contributed by atoms with Crippen LogP contribution in [0.25, 0.3) is 11.6 Å². The molecule has 7 heteroatoms. The van der Waals surface area contributed by atoms with Gasteiger partial charge in [0.05, 0.1) is 0 Å². The summed E-state index contributed by atoms with van der Waals surface area (Å²) in [6.07, 6.45) is 1.84. The smallest absolute Gasteiger partial charge is 0.276 e. The standard InChI is InChI=1S/C10H13N5O2/c11-8-4-7(13-14-8)10-12-9(15-17-10)3-6-1-2-16-5-6/h4,6H,1-3,5H2,(H3,11,13,14). The van der Waals surface area contributed by atoms with Crippen LogP contribution in [0.5, 0.6) is 0 Å². The first kappa shape index (κ1) is 10.3. The summed E-state index contributed by atoms with van der Waals surface area (Å²) in [6, 6.07) is 1.66. The van der Waals surface area contributed by atoms with Gasteiger partial charge in [-0.2, -0.15) is 10.1 Å². The predicted octanol–water partition coefficient (Wildman–Crippen LogP) is 0.621. The van der Waals surface area contributed by atoms with E-state index >= 15 is 0 Å². The maximum atomic E-state index is 5.51. The van der Waals surface area contributed by atoms with Gasteiger partial charge in [-0.25, -0.2) is 0 Å². The van der Waals surface area contributed by atoms with Crippen molar-refractivity contribution >= 4 is 5.82 Å². The molecule has 1 aliphatic rings. The van der Waals surface area contributed by atoms with Crippen LogP contribution in [-0.4, -0.2) is 33.6 Å². The van der Waals surface area contributed by atoms with Crippen LogP contribution in [0, 0.1) is 5.92 Å². The van der Waals surface area contributed by atoms with Gasteiger partial charge in [-0.3, -0.25) is 5.10 Å². The molecule has 0 amide bonds. The molecule has 0 aliphatic carbocycles. The predicted molar refractivity (Wildman–Crippen MR) is 58.9 cm³/mol. The number of H-pyrrole nitrogens is 1. The molecule has 1 atom stereocenters. The highest BCUT2D eigenvalue weighted by Crippen LogP contribution is 2.20. The summed E-state index contributed by atoms with van der Waals surface area (Å²) in [6.45, 7) is 1.60. The van der Waals surface area contributed by atoms with E-state index in [1.807, 2.05) is 0 Å². The van der Waals surface area contributed by atoms with Crippen molar-refractivity contribution in [2.75, 3.05) is 18.9 Å². The van der Waals surface area contributed by atoms with Gasteiger partial charge in [-0.05, 0) is 12.3 Å². The highest BCUT2D eigenvalue weighted by molar-refractivity contribution is 5.51. The highest BCUT2D eigenvalue weighted by Gasteiger charge is 2.19. The molecule has 3 N–H and O–H groups in total. The molecule has 0 bridgehead atoms. The van der Waals surface area contributed by atoms with E-state index in [4.69, 9.17) is 15.0 Å². The molecule has 0 saturated carbocycles.